The average Bonchev–Trinajstić information content (AvgIpc) is 3.19. The van der Waals surface area contributed by atoms with Crippen molar-refractivity contribution in [1.82, 2.24) is 10.1 Å². The highest BCUT2D eigenvalue weighted by molar-refractivity contribution is 6.12. The molecule has 3 rings (SSSR count). The molecule has 0 N–H and O–H groups in total. The van der Waals surface area contributed by atoms with E-state index in [9.17, 15) is 13.2 Å². The van der Waals surface area contributed by atoms with Crippen molar-refractivity contribution in [3.8, 4) is 5.88 Å². The van der Waals surface area contributed by atoms with Crippen molar-refractivity contribution in [3.63, 3.8) is 0 Å². The van der Waals surface area contributed by atoms with Gasteiger partial charge in [0.15, 0.2) is 0 Å². The molecule has 6 nitrogen and oxygen atoms in total. The highest BCUT2D eigenvalue weighted by Crippen LogP contribution is 2.28. The van der Waals surface area contributed by atoms with Gasteiger partial charge in [-0.2, -0.15) is 13.2 Å². The van der Waals surface area contributed by atoms with Crippen LogP contribution in [0.5, 0.6) is 5.88 Å². The maximum Gasteiger partial charge on any atom is 0.433 e. The first kappa shape index (κ1) is 18.4. The Morgan fingerprint density at radius 1 is 1.11 bits per heavy atom. The predicted molar refractivity (Wildman–Crippen MR) is 89.2 cm³/mol. The molecule has 2 aromatic heterocycles. The van der Waals surface area contributed by atoms with E-state index in [1.807, 2.05) is 0 Å². The lowest BCUT2D eigenvalue weighted by Gasteiger charge is -2.12. The van der Waals surface area contributed by atoms with Crippen molar-refractivity contribution in [1.29, 1.82) is 0 Å². The highest BCUT2D eigenvalue weighted by Gasteiger charge is 2.32. The number of aromatic nitrogens is 2. The summed E-state index contributed by atoms with van der Waals surface area (Å²) in [7, 11) is 1.39. The number of ether oxygens (including phenoxy) is 1. The zero-order chi connectivity index (χ0) is 19.3. The molecular formula is C18H14F3N3O3. The first-order valence-corrected chi connectivity index (χ1v) is 7.76. The number of benzene rings is 1. The summed E-state index contributed by atoms with van der Waals surface area (Å²) in [6, 6.07) is 12.2. The fourth-order valence-corrected chi connectivity index (χ4v) is 2.34. The monoisotopic (exact) mass is 377 g/mol. The van der Waals surface area contributed by atoms with E-state index in [-0.39, 0.29) is 12.5 Å². The number of alkyl halides is 3. The van der Waals surface area contributed by atoms with E-state index in [0.717, 1.165) is 6.07 Å². The Bertz CT molecular complexity index is 925. The SMILES string of the molecule is CO/N=C(/c1ccon1)c1ccccc1COc1cccc(C(F)(F)F)n1. The van der Waals surface area contributed by atoms with Crippen LogP contribution >= 0.6 is 0 Å². The summed E-state index contributed by atoms with van der Waals surface area (Å²) in [5, 5.41) is 7.82. The summed E-state index contributed by atoms with van der Waals surface area (Å²) >= 11 is 0. The van der Waals surface area contributed by atoms with Crippen LogP contribution in [0, 0.1) is 0 Å². The fraction of sp³-hybridized carbons (Fsp3) is 0.167. The largest absolute Gasteiger partial charge is 0.473 e. The molecule has 0 amide bonds. The van der Waals surface area contributed by atoms with Gasteiger partial charge in [0.2, 0.25) is 5.88 Å². The number of hydrogen-bond acceptors (Lipinski definition) is 6. The van der Waals surface area contributed by atoms with Crippen LogP contribution in [-0.2, 0) is 17.6 Å². The topological polar surface area (TPSA) is 69.7 Å². The van der Waals surface area contributed by atoms with Crippen molar-refractivity contribution in [3.05, 3.63) is 77.3 Å². The molecule has 2 heterocycles. The Morgan fingerprint density at radius 3 is 2.63 bits per heavy atom. The molecule has 0 saturated carbocycles. The summed E-state index contributed by atoms with van der Waals surface area (Å²) in [4.78, 5) is 8.37. The minimum atomic E-state index is -4.54. The Balaban J connectivity index is 1.86. The minimum absolute atomic E-state index is 0.0227. The van der Waals surface area contributed by atoms with Gasteiger partial charge in [0.1, 0.15) is 37.1 Å². The third kappa shape index (κ3) is 4.43. The van der Waals surface area contributed by atoms with Crippen LogP contribution in [0.2, 0.25) is 0 Å². The molecule has 0 aliphatic carbocycles. The Hall–Kier alpha value is -3.36. The van der Waals surface area contributed by atoms with Gasteiger partial charge in [-0.25, -0.2) is 4.98 Å². The molecule has 140 valence electrons. The molecule has 0 aliphatic rings. The summed E-state index contributed by atoms with van der Waals surface area (Å²) in [5.41, 5.74) is 1.14. The summed E-state index contributed by atoms with van der Waals surface area (Å²) < 4.78 is 48.6. The van der Waals surface area contributed by atoms with Crippen LogP contribution in [0.25, 0.3) is 0 Å². The molecule has 0 aliphatic heterocycles. The predicted octanol–water partition coefficient (Wildman–Crippen LogP) is 4.07. The third-order valence-electron chi connectivity index (χ3n) is 3.53. The van der Waals surface area contributed by atoms with Gasteiger partial charge in [-0.05, 0) is 11.6 Å². The Kier molecular flexibility index (Phi) is 5.39. The van der Waals surface area contributed by atoms with Crippen molar-refractivity contribution in [2.45, 2.75) is 12.8 Å². The van der Waals surface area contributed by atoms with Crippen LogP contribution in [0.15, 0.2) is 64.5 Å². The van der Waals surface area contributed by atoms with E-state index in [0.29, 0.717) is 22.5 Å². The standard InChI is InChI=1S/C18H14F3N3O3/c1-25-24-17(14-9-10-27-23-14)13-6-3-2-5-12(13)11-26-16-8-4-7-15(22-16)18(19,20)21/h2-10H,11H2,1H3/b24-17+. The number of rotatable bonds is 6. The molecule has 0 radical (unpaired) electrons. The lowest BCUT2D eigenvalue weighted by molar-refractivity contribution is -0.141. The van der Waals surface area contributed by atoms with Crippen LogP contribution in [-0.4, -0.2) is 23.0 Å². The molecule has 9 heteroatoms. The van der Waals surface area contributed by atoms with Gasteiger partial charge in [-0.1, -0.05) is 40.6 Å². The molecule has 1 aromatic carbocycles. The molecule has 0 atom stereocenters. The molecular weight excluding hydrogens is 363 g/mol. The molecule has 0 fully saturated rings. The maximum absolute atomic E-state index is 12.8. The Labute approximate surface area is 152 Å². The lowest BCUT2D eigenvalue weighted by Crippen LogP contribution is -2.11. The number of nitrogens with zero attached hydrogens (tertiary/aromatic N) is 3. The Morgan fingerprint density at radius 2 is 1.93 bits per heavy atom. The van der Waals surface area contributed by atoms with Gasteiger partial charge in [-0.3, -0.25) is 0 Å². The van der Waals surface area contributed by atoms with Gasteiger partial charge in [0, 0.05) is 17.7 Å². The second-order valence-electron chi connectivity index (χ2n) is 5.31. The molecule has 0 bridgehead atoms. The number of halogens is 3. The van der Waals surface area contributed by atoms with E-state index < -0.39 is 11.9 Å². The van der Waals surface area contributed by atoms with Crippen LogP contribution in [0.4, 0.5) is 13.2 Å². The normalized spacial score (nSPS) is 12.1. The van der Waals surface area contributed by atoms with E-state index in [1.54, 1.807) is 30.3 Å². The second kappa shape index (κ2) is 7.90. The first-order valence-electron chi connectivity index (χ1n) is 7.76. The fourth-order valence-electron chi connectivity index (χ4n) is 2.34. The van der Waals surface area contributed by atoms with Gasteiger partial charge in [0.05, 0.1) is 0 Å². The molecule has 27 heavy (non-hydrogen) atoms. The zero-order valence-electron chi connectivity index (χ0n) is 14.1. The maximum atomic E-state index is 12.8. The first-order chi connectivity index (χ1) is 13.0. The summed E-state index contributed by atoms with van der Waals surface area (Å²) in [6.07, 6.45) is -3.14. The van der Waals surface area contributed by atoms with Crippen LogP contribution in [0.3, 0.4) is 0 Å². The quantitative estimate of drug-likeness (QED) is 0.479. The number of hydrogen-bond donors (Lipinski definition) is 0. The van der Waals surface area contributed by atoms with E-state index >= 15 is 0 Å². The van der Waals surface area contributed by atoms with E-state index in [4.69, 9.17) is 14.1 Å². The van der Waals surface area contributed by atoms with Gasteiger partial charge < -0.3 is 14.1 Å². The van der Waals surface area contributed by atoms with Crippen molar-refractivity contribution >= 4 is 5.71 Å². The number of oxime groups is 1. The van der Waals surface area contributed by atoms with E-state index in [2.05, 4.69) is 15.3 Å². The summed E-state index contributed by atoms with van der Waals surface area (Å²) in [6.45, 7) is -0.0227. The molecule has 3 aromatic rings. The van der Waals surface area contributed by atoms with Crippen LogP contribution < -0.4 is 4.74 Å². The van der Waals surface area contributed by atoms with Gasteiger partial charge >= 0.3 is 6.18 Å². The molecule has 0 unspecified atom stereocenters. The highest BCUT2D eigenvalue weighted by atomic mass is 19.4. The zero-order valence-corrected chi connectivity index (χ0v) is 14.1. The van der Waals surface area contributed by atoms with Gasteiger partial charge in [0.25, 0.3) is 0 Å². The summed E-state index contributed by atoms with van der Waals surface area (Å²) in [5.74, 6) is -0.133. The van der Waals surface area contributed by atoms with Crippen molar-refractivity contribution in [2.75, 3.05) is 7.11 Å². The van der Waals surface area contributed by atoms with Crippen molar-refractivity contribution in [2.24, 2.45) is 5.16 Å². The second-order valence-corrected chi connectivity index (χ2v) is 5.31. The van der Waals surface area contributed by atoms with Gasteiger partial charge in [-0.15, -0.1) is 0 Å². The average molecular weight is 377 g/mol. The van der Waals surface area contributed by atoms with Crippen molar-refractivity contribution < 1.29 is 27.3 Å². The van der Waals surface area contributed by atoms with Crippen LogP contribution in [0.1, 0.15) is 22.5 Å². The third-order valence-corrected chi connectivity index (χ3v) is 3.53. The lowest BCUT2D eigenvalue weighted by atomic mass is 10.0. The molecule has 0 spiro atoms. The number of pyridine rings is 1. The smallest absolute Gasteiger partial charge is 0.433 e. The van der Waals surface area contributed by atoms with E-state index in [1.165, 1.54) is 25.5 Å². The minimum Gasteiger partial charge on any atom is -0.473 e. The molecule has 0 saturated heterocycles.